The van der Waals surface area contributed by atoms with Crippen LogP contribution in [0.4, 0.5) is 4.39 Å². The molecule has 1 aromatic carbocycles. The van der Waals surface area contributed by atoms with E-state index in [4.69, 9.17) is 0 Å². The third kappa shape index (κ3) is 3.39. The molecular weight excluding hydrogens is 251 g/mol. The summed E-state index contributed by atoms with van der Waals surface area (Å²) in [5, 5.41) is 3.69. The summed E-state index contributed by atoms with van der Waals surface area (Å²) in [4.78, 5) is 2.41. The van der Waals surface area contributed by atoms with Crippen LogP contribution in [0.1, 0.15) is 44.2 Å². The number of benzene rings is 1. The molecule has 0 amide bonds. The van der Waals surface area contributed by atoms with Crippen LogP contribution in [-0.2, 0) is 0 Å². The number of nitrogens with one attached hydrogen (secondary N) is 1. The minimum Gasteiger partial charge on any atom is -0.314 e. The highest BCUT2D eigenvalue weighted by molar-refractivity contribution is 5.20. The predicted octanol–water partition coefficient (Wildman–Crippen LogP) is 3.35. The van der Waals surface area contributed by atoms with E-state index in [1.54, 1.807) is 12.1 Å². The van der Waals surface area contributed by atoms with Gasteiger partial charge in [-0.1, -0.05) is 18.2 Å². The van der Waals surface area contributed by atoms with Gasteiger partial charge in [0.15, 0.2) is 0 Å². The molecule has 2 fully saturated rings. The highest BCUT2D eigenvalue weighted by Crippen LogP contribution is 2.29. The lowest BCUT2D eigenvalue weighted by atomic mass is 10.00. The van der Waals surface area contributed by atoms with Crippen LogP contribution in [0.25, 0.3) is 0 Å². The Morgan fingerprint density at radius 2 is 1.90 bits per heavy atom. The molecule has 1 N–H and O–H groups in total. The number of rotatable bonds is 5. The van der Waals surface area contributed by atoms with Crippen LogP contribution in [0, 0.1) is 11.7 Å². The van der Waals surface area contributed by atoms with Gasteiger partial charge in [0.1, 0.15) is 5.82 Å². The fourth-order valence-electron chi connectivity index (χ4n) is 3.16. The molecule has 0 aromatic heterocycles. The minimum absolute atomic E-state index is 0.0750. The Morgan fingerprint density at radius 3 is 2.55 bits per heavy atom. The van der Waals surface area contributed by atoms with E-state index in [9.17, 15) is 4.39 Å². The Bertz CT molecular complexity index is 436. The van der Waals surface area contributed by atoms with Crippen molar-refractivity contribution >= 4 is 0 Å². The zero-order valence-electron chi connectivity index (χ0n) is 12.3. The highest BCUT2D eigenvalue weighted by Gasteiger charge is 2.26. The van der Waals surface area contributed by atoms with E-state index in [2.05, 4.69) is 17.1 Å². The van der Waals surface area contributed by atoms with Crippen molar-refractivity contribution in [2.24, 2.45) is 5.92 Å². The van der Waals surface area contributed by atoms with Crippen molar-refractivity contribution in [2.45, 2.75) is 44.7 Å². The van der Waals surface area contributed by atoms with Gasteiger partial charge in [0, 0.05) is 30.7 Å². The molecule has 1 aliphatic heterocycles. The Balaban J connectivity index is 1.50. The summed E-state index contributed by atoms with van der Waals surface area (Å²) in [5.41, 5.74) is 0.830. The Hall–Kier alpha value is -0.930. The summed E-state index contributed by atoms with van der Waals surface area (Å²) in [6.45, 7) is 5.46. The second-order valence-corrected chi connectivity index (χ2v) is 6.36. The van der Waals surface area contributed by atoms with Crippen molar-refractivity contribution in [3.05, 3.63) is 35.6 Å². The summed E-state index contributed by atoms with van der Waals surface area (Å²) in [6, 6.07) is 8.02. The van der Waals surface area contributed by atoms with E-state index in [-0.39, 0.29) is 11.9 Å². The lowest BCUT2D eigenvalue weighted by Crippen LogP contribution is -2.44. The molecule has 2 aliphatic rings. The van der Waals surface area contributed by atoms with Gasteiger partial charge in [-0.25, -0.2) is 4.39 Å². The van der Waals surface area contributed by atoms with E-state index in [0.717, 1.165) is 24.6 Å². The zero-order chi connectivity index (χ0) is 13.9. The molecule has 20 heavy (non-hydrogen) atoms. The van der Waals surface area contributed by atoms with Crippen molar-refractivity contribution in [2.75, 3.05) is 19.6 Å². The molecule has 3 rings (SSSR count). The largest absolute Gasteiger partial charge is 0.314 e. The number of nitrogens with zero attached hydrogens (tertiary/aromatic N) is 1. The predicted molar refractivity (Wildman–Crippen MR) is 80.1 cm³/mol. The summed E-state index contributed by atoms with van der Waals surface area (Å²) < 4.78 is 13.8. The van der Waals surface area contributed by atoms with Crippen LogP contribution < -0.4 is 5.32 Å². The van der Waals surface area contributed by atoms with E-state index in [1.165, 1.54) is 32.2 Å². The van der Waals surface area contributed by atoms with E-state index < -0.39 is 0 Å². The standard InChI is InChI=1S/C17H25FN2/c1-13(16-4-2-3-5-17(16)18)20-10-8-15(9-11-20)19-12-14-6-7-14/h2-5,13-15,19H,6-12H2,1H3. The first-order chi connectivity index (χ1) is 9.74. The Labute approximate surface area is 121 Å². The SMILES string of the molecule is CC(c1ccccc1F)N1CCC(NCC2CC2)CC1. The first-order valence-corrected chi connectivity index (χ1v) is 7.96. The molecule has 1 aromatic rings. The second-order valence-electron chi connectivity index (χ2n) is 6.36. The fourth-order valence-corrected chi connectivity index (χ4v) is 3.16. The third-order valence-electron chi connectivity index (χ3n) is 4.82. The fraction of sp³-hybridized carbons (Fsp3) is 0.647. The zero-order valence-corrected chi connectivity index (χ0v) is 12.3. The van der Waals surface area contributed by atoms with Gasteiger partial charge in [0.25, 0.3) is 0 Å². The average molecular weight is 276 g/mol. The number of likely N-dealkylation sites (tertiary alicyclic amines) is 1. The Kier molecular flexibility index (Phi) is 4.37. The molecule has 1 heterocycles. The topological polar surface area (TPSA) is 15.3 Å². The Morgan fingerprint density at radius 1 is 1.20 bits per heavy atom. The van der Waals surface area contributed by atoms with Crippen LogP contribution in [0.5, 0.6) is 0 Å². The lowest BCUT2D eigenvalue weighted by molar-refractivity contribution is 0.150. The van der Waals surface area contributed by atoms with Gasteiger partial charge in [0.2, 0.25) is 0 Å². The van der Waals surface area contributed by atoms with Gasteiger partial charge >= 0.3 is 0 Å². The molecule has 1 saturated heterocycles. The molecule has 1 atom stereocenters. The second kappa shape index (κ2) is 6.23. The van der Waals surface area contributed by atoms with Crippen LogP contribution >= 0.6 is 0 Å². The quantitative estimate of drug-likeness (QED) is 0.887. The van der Waals surface area contributed by atoms with Crippen molar-refractivity contribution in [1.82, 2.24) is 10.2 Å². The highest BCUT2D eigenvalue weighted by atomic mass is 19.1. The number of piperidine rings is 1. The molecule has 2 nitrogen and oxygen atoms in total. The van der Waals surface area contributed by atoms with E-state index in [0.29, 0.717) is 6.04 Å². The number of hydrogen-bond donors (Lipinski definition) is 1. The van der Waals surface area contributed by atoms with Crippen molar-refractivity contribution in [3.8, 4) is 0 Å². The van der Waals surface area contributed by atoms with Gasteiger partial charge in [-0.3, -0.25) is 4.90 Å². The maximum atomic E-state index is 13.8. The van der Waals surface area contributed by atoms with Crippen molar-refractivity contribution < 1.29 is 4.39 Å². The molecule has 0 spiro atoms. The van der Waals surface area contributed by atoms with Gasteiger partial charge in [-0.15, -0.1) is 0 Å². The third-order valence-corrected chi connectivity index (χ3v) is 4.82. The van der Waals surface area contributed by atoms with E-state index in [1.807, 2.05) is 12.1 Å². The first kappa shape index (κ1) is 14.0. The monoisotopic (exact) mass is 276 g/mol. The summed E-state index contributed by atoms with van der Waals surface area (Å²) in [6.07, 6.45) is 5.20. The molecule has 0 radical (unpaired) electrons. The normalized spacial score (nSPS) is 22.9. The molecule has 3 heteroatoms. The smallest absolute Gasteiger partial charge is 0.127 e. The first-order valence-electron chi connectivity index (χ1n) is 7.96. The summed E-state index contributed by atoms with van der Waals surface area (Å²) in [5.74, 6) is 0.874. The van der Waals surface area contributed by atoms with Gasteiger partial charge < -0.3 is 5.32 Å². The lowest BCUT2D eigenvalue weighted by Gasteiger charge is -2.36. The molecule has 0 bridgehead atoms. The number of hydrogen-bond acceptors (Lipinski definition) is 2. The van der Waals surface area contributed by atoms with Crippen LogP contribution in [-0.4, -0.2) is 30.6 Å². The summed E-state index contributed by atoms with van der Waals surface area (Å²) >= 11 is 0. The minimum atomic E-state index is -0.0750. The molecular formula is C17H25FN2. The molecule has 1 aliphatic carbocycles. The molecule has 1 saturated carbocycles. The summed E-state index contributed by atoms with van der Waals surface area (Å²) in [7, 11) is 0. The number of halogens is 1. The molecule has 1 unspecified atom stereocenters. The van der Waals surface area contributed by atoms with Gasteiger partial charge in [-0.2, -0.15) is 0 Å². The van der Waals surface area contributed by atoms with E-state index >= 15 is 0 Å². The van der Waals surface area contributed by atoms with Crippen LogP contribution in [0.15, 0.2) is 24.3 Å². The van der Waals surface area contributed by atoms with Gasteiger partial charge in [-0.05, 0) is 51.1 Å². The maximum Gasteiger partial charge on any atom is 0.127 e. The average Bonchev–Trinajstić information content (AvgIpc) is 3.30. The van der Waals surface area contributed by atoms with Crippen LogP contribution in [0.3, 0.4) is 0 Å². The van der Waals surface area contributed by atoms with Gasteiger partial charge in [0.05, 0.1) is 0 Å². The van der Waals surface area contributed by atoms with Crippen molar-refractivity contribution in [1.29, 1.82) is 0 Å². The molecule has 110 valence electrons. The van der Waals surface area contributed by atoms with Crippen LogP contribution in [0.2, 0.25) is 0 Å². The maximum absolute atomic E-state index is 13.8. The van der Waals surface area contributed by atoms with Crippen molar-refractivity contribution in [3.63, 3.8) is 0 Å².